The quantitative estimate of drug-likeness (QED) is 0.0211. The maximum atomic E-state index is 12.9. The van der Waals surface area contributed by atoms with Gasteiger partial charge in [-0.2, -0.15) is 0 Å². The van der Waals surface area contributed by atoms with Crippen LogP contribution in [0.2, 0.25) is 0 Å². The van der Waals surface area contributed by atoms with Crippen LogP contribution in [0.1, 0.15) is 258 Å². The third kappa shape index (κ3) is 58.0. The minimum Gasteiger partial charge on any atom is -0.477 e. The van der Waals surface area contributed by atoms with E-state index in [9.17, 15) is 19.5 Å². The molecule has 0 rings (SSSR count). The zero-order valence-corrected chi connectivity index (χ0v) is 49.2. The molecule has 0 bridgehead atoms. The number of quaternary nitrogens is 1. The lowest BCUT2D eigenvalue weighted by molar-refractivity contribution is -0.870. The molecule has 0 fully saturated rings. The van der Waals surface area contributed by atoms with Crippen molar-refractivity contribution in [3.8, 4) is 0 Å². The van der Waals surface area contributed by atoms with Crippen molar-refractivity contribution < 1.29 is 42.9 Å². The van der Waals surface area contributed by atoms with Crippen molar-refractivity contribution in [1.82, 2.24) is 0 Å². The van der Waals surface area contributed by atoms with E-state index in [1.54, 1.807) is 0 Å². The van der Waals surface area contributed by atoms with E-state index >= 15 is 0 Å². The maximum absolute atomic E-state index is 12.9. The summed E-state index contributed by atoms with van der Waals surface area (Å²) in [6, 6.07) is 0. The number of carbonyl (C=O) groups excluding carboxylic acids is 2. The molecule has 75 heavy (non-hydrogen) atoms. The predicted octanol–water partition coefficient (Wildman–Crippen LogP) is 18.3. The predicted molar refractivity (Wildman–Crippen MR) is 318 cm³/mol. The van der Waals surface area contributed by atoms with Gasteiger partial charge in [-0.15, -0.1) is 0 Å². The first-order chi connectivity index (χ1) is 36.6. The Morgan fingerprint density at radius 1 is 0.413 bits per heavy atom. The second-order valence-corrected chi connectivity index (χ2v) is 21.6. The van der Waals surface area contributed by atoms with Gasteiger partial charge in [-0.1, -0.05) is 240 Å². The first-order valence-corrected chi connectivity index (χ1v) is 30.8. The zero-order valence-electron chi connectivity index (χ0n) is 49.2. The van der Waals surface area contributed by atoms with Crippen LogP contribution in [0.3, 0.4) is 0 Å². The standard InChI is InChI=1S/C66H115NO8/c1-6-8-10-12-14-16-18-20-22-24-26-27-28-29-30-31-32-33-34-35-36-37-39-41-43-45-47-49-51-53-55-57-64(69)75-62(61-74-66(65(70)71)72-59-58-67(3,4)5)60-73-63(68)56-54-52-50-48-46-44-42-40-38-25-23-21-19-17-15-13-11-9-7-2/h8,10,14,16,20-23,26-27,29-30,32-33,62,66H,6-7,9,11-13,15,17-19,24-25,28,31,34-61H2,1-5H3/p+1/b10-8-,16-14-,22-20-,23-21-,27-26-,30-29-,33-32-. The summed E-state index contributed by atoms with van der Waals surface area (Å²) in [5.41, 5.74) is 0. The lowest BCUT2D eigenvalue weighted by atomic mass is 10.0. The molecule has 2 atom stereocenters. The van der Waals surface area contributed by atoms with Crippen LogP contribution >= 0.6 is 0 Å². The van der Waals surface area contributed by atoms with E-state index < -0.39 is 24.3 Å². The molecule has 0 aromatic carbocycles. The highest BCUT2D eigenvalue weighted by atomic mass is 16.7. The van der Waals surface area contributed by atoms with Crippen LogP contribution in [0.5, 0.6) is 0 Å². The van der Waals surface area contributed by atoms with Gasteiger partial charge in [0.25, 0.3) is 6.29 Å². The molecule has 0 aliphatic heterocycles. The first-order valence-electron chi connectivity index (χ1n) is 30.8. The van der Waals surface area contributed by atoms with Crippen molar-refractivity contribution in [3.05, 3.63) is 85.1 Å². The molecular weight excluding hydrogens is 935 g/mol. The van der Waals surface area contributed by atoms with E-state index in [0.29, 0.717) is 23.9 Å². The monoisotopic (exact) mass is 1050 g/mol. The number of likely N-dealkylation sites (N-methyl/N-ethyl adjacent to an activating group) is 1. The number of unbranched alkanes of at least 4 members (excludes halogenated alkanes) is 27. The molecule has 0 spiro atoms. The second kappa shape index (κ2) is 56.7. The van der Waals surface area contributed by atoms with Gasteiger partial charge in [-0.05, 0) is 89.9 Å². The fraction of sp³-hybridized carbons (Fsp3) is 0.742. The third-order valence-corrected chi connectivity index (χ3v) is 13.1. The van der Waals surface area contributed by atoms with Crippen LogP contribution in [0, 0.1) is 0 Å². The van der Waals surface area contributed by atoms with Gasteiger partial charge in [0.2, 0.25) is 0 Å². The van der Waals surface area contributed by atoms with Gasteiger partial charge in [0.1, 0.15) is 13.2 Å². The van der Waals surface area contributed by atoms with Gasteiger partial charge in [0.15, 0.2) is 6.10 Å². The molecular formula is C66H116NO8+. The molecule has 0 aliphatic carbocycles. The number of carbonyl (C=O) groups is 3. The minimum absolute atomic E-state index is 0.185. The van der Waals surface area contributed by atoms with E-state index in [1.807, 2.05) is 21.1 Å². The molecule has 9 nitrogen and oxygen atoms in total. The van der Waals surface area contributed by atoms with Crippen molar-refractivity contribution in [2.75, 3.05) is 47.5 Å². The van der Waals surface area contributed by atoms with Gasteiger partial charge in [-0.25, -0.2) is 4.79 Å². The Balaban J connectivity index is 4.20. The molecule has 0 aliphatic rings. The number of nitrogens with zero attached hydrogens (tertiary/aromatic N) is 1. The third-order valence-electron chi connectivity index (χ3n) is 13.1. The van der Waals surface area contributed by atoms with E-state index in [2.05, 4.69) is 98.9 Å². The number of hydrogen-bond acceptors (Lipinski definition) is 7. The molecule has 0 amide bonds. The van der Waals surface area contributed by atoms with Crippen molar-refractivity contribution in [3.63, 3.8) is 0 Å². The van der Waals surface area contributed by atoms with E-state index in [-0.39, 0.29) is 32.2 Å². The molecule has 0 aromatic rings. The number of hydrogen-bond donors (Lipinski definition) is 1. The summed E-state index contributed by atoms with van der Waals surface area (Å²) < 4.78 is 22.9. The van der Waals surface area contributed by atoms with Crippen molar-refractivity contribution in [2.45, 2.75) is 270 Å². The summed E-state index contributed by atoms with van der Waals surface area (Å²) in [5.74, 6) is -2.01. The average molecular weight is 1050 g/mol. The number of ether oxygens (including phenoxy) is 4. The highest BCUT2D eigenvalue weighted by molar-refractivity contribution is 5.71. The molecule has 0 aromatic heterocycles. The molecule has 0 saturated heterocycles. The summed E-state index contributed by atoms with van der Waals surface area (Å²) >= 11 is 0. The molecule has 0 radical (unpaired) electrons. The Bertz CT molecular complexity index is 1500. The lowest BCUT2D eigenvalue weighted by Crippen LogP contribution is -2.40. The Kier molecular flexibility index (Phi) is 54.0. The van der Waals surface area contributed by atoms with Gasteiger partial charge < -0.3 is 28.5 Å². The van der Waals surface area contributed by atoms with Gasteiger partial charge >= 0.3 is 17.9 Å². The molecule has 0 saturated carbocycles. The SMILES string of the molecule is CC/C=C\C/C=C\C/C=C\C/C=C\C/C=C\C/C=C\CCCCCCCCCCCCCCC(=O)OC(COC(=O)CCCCCCCCCCC/C=C\CCCCCCCC)COC(OCC[N+](C)(C)C)C(=O)O. The normalized spacial score (nSPS) is 13.3. The van der Waals surface area contributed by atoms with Crippen molar-refractivity contribution >= 4 is 17.9 Å². The van der Waals surface area contributed by atoms with Crippen molar-refractivity contribution in [1.29, 1.82) is 0 Å². The molecule has 0 heterocycles. The smallest absolute Gasteiger partial charge is 0.361 e. The topological polar surface area (TPSA) is 108 Å². The largest absolute Gasteiger partial charge is 0.477 e. The van der Waals surface area contributed by atoms with Crippen LogP contribution in [-0.4, -0.2) is 87.4 Å². The molecule has 2 unspecified atom stereocenters. The Morgan fingerprint density at radius 2 is 0.760 bits per heavy atom. The van der Waals surface area contributed by atoms with E-state index in [1.165, 1.54) is 148 Å². The fourth-order valence-electron chi connectivity index (χ4n) is 8.42. The molecule has 9 heteroatoms. The Morgan fingerprint density at radius 3 is 1.15 bits per heavy atom. The highest BCUT2D eigenvalue weighted by Crippen LogP contribution is 2.16. The molecule has 432 valence electrons. The summed E-state index contributed by atoms with van der Waals surface area (Å²) in [7, 11) is 5.97. The van der Waals surface area contributed by atoms with Gasteiger partial charge in [0.05, 0.1) is 34.4 Å². The zero-order chi connectivity index (χ0) is 54.8. The summed E-state index contributed by atoms with van der Waals surface area (Å²) in [6.07, 6.45) is 72.3. The van der Waals surface area contributed by atoms with Crippen LogP contribution in [0.4, 0.5) is 0 Å². The van der Waals surface area contributed by atoms with Gasteiger partial charge in [-0.3, -0.25) is 9.59 Å². The Hall–Kier alpha value is -3.53. The van der Waals surface area contributed by atoms with Crippen LogP contribution in [-0.2, 0) is 33.3 Å². The van der Waals surface area contributed by atoms with E-state index in [4.69, 9.17) is 18.9 Å². The fourth-order valence-corrected chi connectivity index (χ4v) is 8.42. The summed E-state index contributed by atoms with van der Waals surface area (Å²) in [5, 5.41) is 9.71. The number of aliphatic carboxylic acids is 1. The number of esters is 2. The summed E-state index contributed by atoms with van der Waals surface area (Å²) in [6.45, 7) is 4.77. The van der Waals surface area contributed by atoms with Gasteiger partial charge in [0, 0.05) is 12.8 Å². The average Bonchev–Trinajstić information content (AvgIpc) is 3.38. The van der Waals surface area contributed by atoms with Crippen LogP contribution in [0.15, 0.2) is 85.1 Å². The molecule has 1 N–H and O–H groups in total. The maximum Gasteiger partial charge on any atom is 0.361 e. The second-order valence-electron chi connectivity index (χ2n) is 21.6. The van der Waals surface area contributed by atoms with E-state index in [0.717, 1.165) is 77.0 Å². The van der Waals surface area contributed by atoms with Crippen LogP contribution < -0.4 is 0 Å². The first kappa shape index (κ1) is 71.5. The highest BCUT2D eigenvalue weighted by Gasteiger charge is 2.25. The van der Waals surface area contributed by atoms with Crippen molar-refractivity contribution in [2.24, 2.45) is 0 Å². The lowest BCUT2D eigenvalue weighted by Gasteiger charge is -2.25. The number of carboxylic acid groups (broad SMARTS) is 1. The number of carboxylic acids is 1. The minimum atomic E-state index is -1.51. The summed E-state index contributed by atoms with van der Waals surface area (Å²) in [4.78, 5) is 37.5. The van der Waals surface area contributed by atoms with Crippen LogP contribution in [0.25, 0.3) is 0 Å². The number of allylic oxidation sites excluding steroid dienone is 14. The number of rotatable bonds is 56. The Labute approximate surface area is 461 Å².